The van der Waals surface area contributed by atoms with Crippen molar-refractivity contribution < 1.29 is 14.7 Å². The summed E-state index contributed by atoms with van der Waals surface area (Å²) >= 11 is 2.81. The van der Waals surface area contributed by atoms with E-state index in [1.807, 2.05) is 72.8 Å². The van der Waals surface area contributed by atoms with Gasteiger partial charge in [-0.25, -0.2) is 9.97 Å². The first-order valence-electron chi connectivity index (χ1n) is 17.0. The molecule has 3 N–H and O–H groups in total. The fourth-order valence-electron chi connectivity index (χ4n) is 6.65. The Morgan fingerprint density at radius 3 is 1.73 bits per heavy atom. The molecule has 3 aliphatic heterocycles. The fraction of sp³-hybridized carbons (Fsp3) is 0.122. The third kappa shape index (κ3) is 5.96. The number of rotatable bonds is 3. The molecular formula is C41H32N6O3S2. The first-order valence-corrected chi connectivity index (χ1v) is 18.6. The minimum absolute atomic E-state index is 0.0331. The summed E-state index contributed by atoms with van der Waals surface area (Å²) in [6, 6.07) is 34.6. The third-order valence-electron chi connectivity index (χ3n) is 9.54. The molecule has 0 unspecified atom stereocenters. The van der Waals surface area contributed by atoms with Crippen molar-refractivity contribution in [3.8, 4) is 28.5 Å². The molecular weight excluding hydrogens is 689 g/mol. The Bertz CT molecular complexity index is 2500. The maximum Gasteiger partial charge on any atom is 0.202 e. The van der Waals surface area contributed by atoms with Crippen LogP contribution in [-0.2, 0) is 0 Å². The summed E-state index contributed by atoms with van der Waals surface area (Å²) in [5, 5.41) is 9.52. The Labute approximate surface area is 307 Å². The van der Waals surface area contributed by atoms with Gasteiger partial charge in [-0.05, 0) is 92.0 Å². The van der Waals surface area contributed by atoms with E-state index in [0.717, 1.165) is 80.8 Å². The second-order valence-corrected chi connectivity index (χ2v) is 15.1. The molecule has 0 saturated carbocycles. The molecule has 0 spiro atoms. The summed E-state index contributed by atoms with van der Waals surface area (Å²) in [5.41, 5.74) is 8.43. The number of hydrogen-bond acceptors (Lipinski definition) is 9. The van der Waals surface area contributed by atoms with Crippen LogP contribution in [0.3, 0.4) is 0 Å². The Morgan fingerprint density at radius 2 is 1.13 bits per heavy atom. The number of H-pyrrole nitrogens is 2. The number of phenolic OH excluding ortho intramolecular Hbond substituents is 1. The van der Waals surface area contributed by atoms with Crippen molar-refractivity contribution in [3.63, 3.8) is 0 Å². The molecule has 2 aromatic heterocycles. The van der Waals surface area contributed by atoms with Crippen LogP contribution < -0.4 is 4.90 Å². The molecule has 0 radical (unpaired) electrons. The normalized spacial score (nSPS) is 17.1. The number of anilines is 1. The van der Waals surface area contributed by atoms with Gasteiger partial charge in [0.15, 0.2) is 0 Å². The molecule has 0 atom stereocenters. The van der Waals surface area contributed by atoms with Crippen molar-refractivity contribution in [2.75, 3.05) is 38.1 Å². The molecule has 52 heavy (non-hydrogen) atoms. The van der Waals surface area contributed by atoms with Gasteiger partial charge in [-0.15, -0.1) is 0 Å². The summed E-state index contributed by atoms with van der Waals surface area (Å²) in [7, 11) is 2.17. The van der Waals surface area contributed by atoms with Crippen molar-refractivity contribution in [2.45, 2.75) is 9.79 Å². The summed E-state index contributed by atoms with van der Waals surface area (Å²) in [5.74, 6) is 1.80. The average Bonchev–Trinajstić information content (AvgIpc) is 3.95. The number of thioether (sulfide) groups is 2. The van der Waals surface area contributed by atoms with Crippen LogP contribution in [0.1, 0.15) is 20.7 Å². The molecule has 5 heterocycles. The van der Waals surface area contributed by atoms with E-state index in [1.54, 1.807) is 12.1 Å². The molecule has 256 valence electrons. The zero-order chi connectivity index (χ0) is 35.3. The lowest BCUT2D eigenvalue weighted by Crippen LogP contribution is -2.44. The molecule has 7 aromatic rings. The number of benzene rings is 5. The number of allylic oxidation sites excluding steroid dienone is 2. The highest BCUT2D eigenvalue weighted by Gasteiger charge is 2.35. The van der Waals surface area contributed by atoms with Gasteiger partial charge in [0.1, 0.15) is 17.4 Å². The molecule has 3 aliphatic rings. The number of nitrogens with zero attached hydrogens (tertiary/aromatic N) is 4. The van der Waals surface area contributed by atoms with E-state index in [4.69, 9.17) is 4.98 Å². The quantitative estimate of drug-likeness (QED) is 0.155. The lowest BCUT2D eigenvalue weighted by Gasteiger charge is -2.34. The number of aromatic amines is 2. The second-order valence-electron chi connectivity index (χ2n) is 13.0. The topological polar surface area (TPSA) is 118 Å². The van der Waals surface area contributed by atoms with Crippen LogP contribution in [0.15, 0.2) is 129 Å². The Hall–Kier alpha value is -5.62. The largest absolute Gasteiger partial charge is 0.508 e. The lowest BCUT2D eigenvalue weighted by molar-refractivity contribution is 0.101. The van der Waals surface area contributed by atoms with Gasteiger partial charge in [-0.2, -0.15) is 0 Å². The van der Waals surface area contributed by atoms with Gasteiger partial charge in [0, 0.05) is 63.9 Å². The fourth-order valence-corrected chi connectivity index (χ4v) is 8.95. The lowest BCUT2D eigenvalue weighted by atomic mass is 10.1. The molecule has 11 heteroatoms. The molecule has 0 amide bonds. The Balaban J connectivity index is 0.000000154. The number of Topliss-reactive ketones (excluding diaryl/α,β-unsaturated/α-hetero) is 2. The summed E-state index contributed by atoms with van der Waals surface area (Å²) < 4.78 is 0. The van der Waals surface area contributed by atoms with Crippen LogP contribution in [0.4, 0.5) is 5.69 Å². The number of ketones is 2. The number of imidazole rings is 2. The van der Waals surface area contributed by atoms with Gasteiger partial charge in [0.05, 0.1) is 31.9 Å². The van der Waals surface area contributed by atoms with E-state index in [0.29, 0.717) is 20.9 Å². The maximum atomic E-state index is 12.4. The van der Waals surface area contributed by atoms with Gasteiger partial charge < -0.3 is 24.9 Å². The number of aromatic hydroxyl groups is 1. The van der Waals surface area contributed by atoms with Crippen molar-refractivity contribution >= 4 is 62.8 Å². The summed E-state index contributed by atoms with van der Waals surface area (Å²) in [4.78, 5) is 49.1. The Morgan fingerprint density at radius 1 is 0.615 bits per heavy atom. The number of hydrogen-bond donors (Lipinski definition) is 3. The van der Waals surface area contributed by atoms with E-state index in [9.17, 15) is 14.7 Å². The van der Waals surface area contributed by atoms with E-state index in [2.05, 4.69) is 56.1 Å². The predicted molar refractivity (Wildman–Crippen MR) is 208 cm³/mol. The van der Waals surface area contributed by atoms with Crippen LogP contribution in [0.5, 0.6) is 5.75 Å². The average molecular weight is 721 g/mol. The van der Waals surface area contributed by atoms with Crippen LogP contribution in [0.2, 0.25) is 0 Å². The van der Waals surface area contributed by atoms with Crippen LogP contribution in [0.25, 0.3) is 44.8 Å². The molecule has 9 nitrogen and oxygen atoms in total. The van der Waals surface area contributed by atoms with Crippen LogP contribution >= 0.6 is 23.5 Å². The van der Waals surface area contributed by atoms with Gasteiger partial charge >= 0.3 is 0 Å². The smallest absolute Gasteiger partial charge is 0.202 e. The van der Waals surface area contributed by atoms with Gasteiger partial charge in [0.25, 0.3) is 0 Å². The zero-order valence-electron chi connectivity index (χ0n) is 28.1. The molecule has 1 saturated heterocycles. The minimum atomic E-state index is -0.0331. The van der Waals surface area contributed by atoms with Crippen LogP contribution in [-0.4, -0.2) is 74.7 Å². The molecule has 0 bridgehead atoms. The van der Waals surface area contributed by atoms with Crippen molar-refractivity contribution in [1.82, 2.24) is 24.8 Å². The van der Waals surface area contributed by atoms with Crippen LogP contribution in [0, 0.1) is 0 Å². The first-order chi connectivity index (χ1) is 25.4. The summed E-state index contributed by atoms with van der Waals surface area (Å²) in [6.07, 6.45) is 0. The van der Waals surface area contributed by atoms with E-state index in [1.165, 1.54) is 29.2 Å². The van der Waals surface area contributed by atoms with Crippen molar-refractivity contribution in [1.29, 1.82) is 0 Å². The van der Waals surface area contributed by atoms with Gasteiger partial charge in [-0.3, -0.25) is 9.59 Å². The number of carbonyl (C=O) groups is 2. The maximum absolute atomic E-state index is 12.4. The number of carbonyl (C=O) groups excluding carboxylic acids is 2. The third-order valence-corrected chi connectivity index (χ3v) is 12.0. The van der Waals surface area contributed by atoms with E-state index < -0.39 is 0 Å². The molecule has 1 fully saturated rings. The summed E-state index contributed by atoms with van der Waals surface area (Å²) in [6.45, 7) is 4.26. The van der Waals surface area contributed by atoms with Gasteiger partial charge in [-0.1, -0.05) is 47.8 Å². The molecule has 0 aliphatic carbocycles. The number of phenols is 1. The zero-order valence-corrected chi connectivity index (χ0v) is 29.7. The Kier molecular flexibility index (Phi) is 8.18. The minimum Gasteiger partial charge on any atom is -0.508 e. The number of nitrogens with one attached hydrogen (secondary N) is 2. The highest BCUT2D eigenvalue weighted by atomic mass is 32.2. The monoisotopic (exact) mass is 720 g/mol. The van der Waals surface area contributed by atoms with E-state index in [-0.39, 0.29) is 17.3 Å². The highest BCUT2D eigenvalue weighted by Crippen LogP contribution is 2.49. The standard InChI is InChI=1S/C25H24N6O.C16H8O2S2/c1-30-10-12-31(13-11-30)18-5-9-21-23(15-18)29-25(27-21)17-4-8-20-22(14-17)28-24(26-20)16-2-6-19(32)7-3-16;17-13-9-5-1-3-7-11(9)19-15(13)16-14(18)10-6-2-4-8-12(10)20-16/h2-9,14-15,32H,10-13H2,1H3,(H,26,28)(H,27,29);1-8H/b;16-15+. The number of likely N-dealkylation sites (N-methyl/N-ethyl adjacent to an activating group) is 1. The number of piperazine rings is 1. The number of fused-ring (bicyclic) bond motifs is 4. The van der Waals surface area contributed by atoms with Gasteiger partial charge in [0.2, 0.25) is 11.6 Å². The first kappa shape index (κ1) is 32.3. The SMILES string of the molecule is CN1CCN(c2ccc3nc(-c4ccc5nc(-c6ccc(O)cc6)[nH]c5c4)[nH]c3c2)CC1.O=C1/C(=C2\Sc3ccccc3C2=O)Sc2ccccc21. The van der Waals surface area contributed by atoms with E-state index >= 15 is 0 Å². The van der Waals surface area contributed by atoms with Crippen molar-refractivity contribution in [2.24, 2.45) is 0 Å². The molecule has 5 aromatic carbocycles. The molecule has 10 rings (SSSR count). The van der Waals surface area contributed by atoms with Crippen molar-refractivity contribution in [3.05, 3.63) is 130 Å². The second kappa shape index (κ2) is 13.2. The highest BCUT2D eigenvalue weighted by molar-refractivity contribution is 8.08. The number of aromatic nitrogens is 4. The predicted octanol–water partition coefficient (Wildman–Crippen LogP) is 8.41.